The lowest BCUT2D eigenvalue weighted by Crippen LogP contribution is -2.25. The van der Waals surface area contributed by atoms with Crippen LogP contribution in [0.3, 0.4) is 0 Å². The second kappa shape index (κ2) is 7.19. The summed E-state index contributed by atoms with van der Waals surface area (Å²) in [5.41, 5.74) is 1.05. The van der Waals surface area contributed by atoms with Gasteiger partial charge in [-0.3, -0.25) is 0 Å². The van der Waals surface area contributed by atoms with Crippen LogP contribution in [-0.2, 0) is 16.6 Å². The highest BCUT2D eigenvalue weighted by Gasteiger charge is 2.13. The largest absolute Gasteiger partial charge is 0.310 e. The van der Waals surface area contributed by atoms with E-state index in [0.717, 1.165) is 12.1 Å². The van der Waals surface area contributed by atoms with Crippen LogP contribution in [0.25, 0.3) is 0 Å². The zero-order valence-electron chi connectivity index (χ0n) is 11.1. The first kappa shape index (κ1) is 16.4. The minimum absolute atomic E-state index is 0.180. The van der Waals surface area contributed by atoms with Gasteiger partial charge in [0.1, 0.15) is 0 Å². The molecule has 0 radical (unpaired) electrons. The Balaban J connectivity index is 2.72. The molecule has 0 spiro atoms. The Morgan fingerprint density at radius 3 is 2.37 bits per heavy atom. The van der Waals surface area contributed by atoms with Gasteiger partial charge in [0, 0.05) is 23.6 Å². The van der Waals surface area contributed by atoms with Crippen LogP contribution in [0.4, 0.5) is 0 Å². The number of halogens is 1. The highest BCUT2D eigenvalue weighted by molar-refractivity contribution is 9.11. The van der Waals surface area contributed by atoms with Gasteiger partial charge < -0.3 is 5.32 Å². The predicted octanol–water partition coefficient (Wildman–Crippen LogP) is 2.37. The average Bonchev–Trinajstić information content (AvgIpc) is 2.34. The van der Waals surface area contributed by atoms with Gasteiger partial charge in [-0.1, -0.05) is 48.5 Å². The van der Waals surface area contributed by atoms with Gasteiger partial charge in [-0.2, -0.15) is 0 Å². The van der Waals surface area contributed by atoms with Crippen LogP contribution in [0.15, 0.2) is 40.2 Å². The smallest absolute Gasteiger partial charge is 0.240 e. The summed E-state index contributed by atoms with van der Waals surface area (Å²) in [4.78, 5) is 0.259. The van der Waals surface area contributed by atoms with E-state index in [-0.39, 0.29) is 11.4 Å². The molecule has 0 aromatic heterocycles. The number of hydrogen-bond acceptors (Lipinski definition) is 3. The first-order valence-electron chi connectivity index (χ1n) is 5.96. The number of hydrogen-bond donors (Lipinski definition) is 2. The molecule has 0 fully saturated rings. The molecule has 0 heterocycles. The van der Waals surface area contributed by atoms with E-state index in [9.17, 15) is 8.42 Å². The fourth-order valence-electron chi connectivity index (χ4n) is 1.37. The molecule has 1 aromatic rings. The van der Waals surface area contributed by atoms with Crippen LogP contribution < -0.4 is 10.0 Å². The van der Waals surface area contributed by atoms with Crippen molar-refractivity contribution in [3.05, 3.63) is 40.9 Å². The first-order chi connectivity index (χ1) is 8.81. The Bertz CT molecular complexity index is 524. The summed E-state index contributed by atoms with van der Waals surface area (Å²) >= 11 is 3.12. The number of rotatable bonds is 7. The first-order valence-corrected chi connectivity index (χ1v) is 8.24. The third kappa shape index (κ3) is 5.86. The molecule has 0 aliphatic rings. The maximum Gasteiger partial charge on any atom is 0.240 e. The molecule has 19 heavy (non-hydrogen) atoms. The van der Waals surface area contributed by atoms with E-state index in [1.54, 1.807) is 12.1 Å². The van der Waals surface area contributed by atoms with E-state index < -0.39 is 10.0 Å². The van der Waals surface area contributed by atoms with Gasteiger partial charge >= 0.3 is 0 Å². The van der Waals surface area contributed by atoms with Crippen LogP contribution in [0.1, 0.15) is 19.4 Å². The molecule has 0 amide bonds. The molecule has 0 saturated heterocycles. The Kier molecular flexibility index (Phi) is 6.19. The van der Waals surface area contributed by atoms with Gasteiger partial charge in [0.15, 0.2) is 0 Å². The monoisotopic (exact) mass is 346 g/mol. The molecular formula is C13H19BrN2O2S. The average molecular weight is 347 g/mol. The standard InChI is InChI=1S/C13H19BrN2O2S/c1-10(2)15-9-12-4-6-13(7-5-12)19(17,18)16-8-11(3)14/h4-7,10,15-16H,3,8-9H2,1-2H3. The quantitative estimate of drug-likeness (QED) is 0.796. The van der Waals surface area contributed by atoms with Crippen molar-refractivity contribution in [2.24, 2.45) is 0 Å². The van der Waals surface area contributed by atoms with Crippen molar-refractivity contribution in [1.82, 2.24) is 10.0 Å². The Morgan fingerprint density at radius 1 is 1.32 bits per heavy atom. The number of nitrogens with one attached hydrogen (secondary N) is 2. The summed E-state index contributed by atoms with van der Waals surface area (Å²) in [5, 5.41) is 3.28. The fourth-order valence-corrected chi connectivity index (χ4v) is 2.72. The highest BCUT2D eigenvalue weighted by atomic mass is 79.9. The van der Waals surface area contributed by atoms with E-state index in [0.29, 0.717) is 10.5 Å². The SMILES string of the molecule is C=C(Br)CNS(=O)(=O)c1ccc(CNC(C)C)cc1. The highest BCUT2D eigenvalue weighted by Crippen LogP contribution is 2.11. The van der Waals surface area contributed by atoms with Crippen molar-refractivity contribution in [3.63, 3.8) is 0 Å². The van der Waals surface area contributed by atoms with Gasteiger partial charge in [0.05, 0.1) is 4.90 Å². The Labute approximate surface area is 123 Å². The zero-order chi connectivity index (χ0) is 14.5. The third-order valence-electron chi connectivity index (χ3n) is 2.40. The van der Waals surface area contributed by atoms with Crippen LogP contribution in [0.2, 0.25) is 0 Å². The van der Waals surface area contributed by atoms with Gasteiger partial charge in [-0.15, -0.1) is 0 Å². The fraction of sp³-hybridized carbons (Fsp3) is 0.385. The molecule has 0 bridgehead atoms. The summed E-state index contributed by atoms with van der Waals surface area (Å²) in [7, 11) is -3.46. The minimum atomic E-state index is -3.46. The van der Waals surface area contributed by atoms with Crippen molar-refractivity contribution in [3.8, 4) is 0 Å². The van der Waals surface area contributed by atoms with Gasteiger partial charge in [0.25, 0.3) is 0 Å². The molecule has 1 rings (SSSR count). The number of sulfonamides is 1. The minimum Gasteiger partial charge on any atom is -0.310 e. The normalized spacial score (nSPS) is 11.8. The third-order valence-corrected chi connectivity index (χ3v) is 4.10. The van der Waals surface area contributed by atoms with Crippen molar-refractivity contribution in [2.45, 2.75) is 31.3 Å². The zero-order valence-corrected chi connectivity index (χ0v) is 13.5. The molecule has 106 valence electrons. The molecule has 0 atom stereocenters. The molecule has 6 heteroatoms. The summed E-state index contributed by atoms with van der Waals surface area (Å²) in [6.07, 6.45) is 0. The molecule has 0 aliphatic heterocycles. The van der Waals surface area contributed by atoms with Gasteiger partial charge in [0.2, 0.25) is 10.0 Å². The number of benzene rings is 1. The molecule has 0 unspecified atom stereocenters. The lowest BCUT2D eigenvalue weighted by atomic mass is 10.2. The molecular weight excluding hydrogens is 328 g/mol. The molecule has 0 saturated carbocycles. The van der Waals surface area contributed by atoms with Crippen molar-refractivity contribution in [1.29, 1.82) is 0 Å². The molecule has 0 aliphatic carbocycles. The Morgan fingerprint density at radius 2 is 1.89 bits per heavy atom. The van der Waals surface area contributed by atoms with Crippen LogP contribution >= 0.6 is 15.9 Å². The van der Waals surface area contributed by atoms with Crippen molar-refractivity contribution >= 4 is 26.0 Å². The lowest BCUT2D eigenvalue weighted by molar-refractivity contribution is 0.583. The molecule has 2 N–H and O–H groups in total. The van der Waals surface area contributed by atoms with Crippen molar-refractivity contribution in [2.75, 3.05) is 6.54 Å². The van der Waals surface area contributed by atoms with E-state index in [1.807, 2.05) is 12.1 Å². The summed E-state index contributed by atoms with van der Waals surface area (Å²) in [6, 6.07) is 7.24. The molecule has 4 nitrogen and oxygen atoms in total. The summed E-state index contributed by atoms with van der Waals surface area (Å²) < 4.78 is 26.9. The maximum absolute atomic E-state index is 11.9. The van der Waals surface area contributed by atoms with Crippen molar-refractivity contribution < 1.29 is 8.42 Å². The van der Waals surface area contributed by atoms with E-state index in [2.05, 4.69) is 46.4 Å². The lowest BCUT2D eigenvalue weighted by Gasteiger charge is -2.09. The molecule has 1 aromatic carbocycles. The van der Waals surface area contributed by atoms with Crippen LogP contribution in [0.5, 0.6) is 0 Å². The topological polar surface area (TPSA) is 58.2 Å². The second-order valence-electron chi connectivity index (χ2n) is 4.52. The maximum atomic E-state index is 11.9. The van der Waals surface area contributed by atoms with Crippen LogP contribution in [-0.4, -0.2) is 21.0 Å². The van der Waals surface area contributed by atoms with E-state index in [4.69, 9.17) is 0 Å². The predicted molar refractivity (Wildman–Crippen MR) is 81.7 cm³/mol. The van der Waals surface area contributed by atoms with E-state index >= 15 is 0 Å². The summed E-state index contributed by atoms with van der Waals surface area (Å²) in [6.45, 7) is 8.62. The van der Waals surface area contributed by atoms with Gasteiger partial charge in [-0.25, -0.2) is 13.1 Å². The summed E-state index contributed by atoms with van der Waals surface area (Å²) in [5.74, 6) is 0. The second-order valence-corrected chi connectivity index (χ2v) is 7.41. The van der Waals surface area contributed by atoms with E-state index in [1.165, 1.54) is 0 Å². The van der Waals surface area contributed by atoms with Crippen LogP contribution in [0, 0.1) is 0 Å². The van der Waals surface area contributed by atoms with Gasteiger partial charge in [-0.05, 0) is 17.7 Å². The Hall–Kier alpha value is -0.690.